The molecule has 2 heteroatoms. The number of rotatable bonds is 7. The highest BCUT2D eigenvalue weighted by Crippen LogP contribution is 2.40. The Kier molecular flexibility index (Phi) is 5.95. The van der Waals surface area contributed by atoms with E-state index in [1.165, 1.54) is 61.8 Å². The molecule has 2 aliphatic heterocycles. The lowest BCUT2D eigenvalue weighted by Crippen LogP contribution is -2.46. The van der Waals surface area contributed by atoms with Crippen molar-refractivity contribution in [3.05, 3.63) is 71.3 Å². The highest BCUT2D eigenvalue weighted by molar-refractivity contribution is 5.35. The Balaban J connectivity index is 1.53. The molecule has 0 N–H and O–H groups in total. The topological polar surface area (TPSA) is 12.5 Å². The first-order valence-corrected chi connectivity index (χ1v) is 10.8. The van der Waals surface area contributed by atoms with Gasteiger partial charge in [0.1, 0.15) is 6.10 Å². The van der Waals surface area contributed by atoms with Crippen LogP contribution in [0.1, 0.15) is 68.2 Å². The molecule has 2 unspecified atom stereocenters. The second-order valence-corrected chi connectivity index (χ2v) is 8.35. The lowest BCUT2D eigenvalue weighted by Gasteiger charge is -2.40. The summed E-state index contributed by atoms with van der Waals surface area (Å²) in [6.45, 7) is 5.77. The van der Waals surface area contributed by atoms with E-state index >= 15 is 0 Å². The van der Waals surface area contributed by atoms with Gasteiger partial charge in [0.25, 0.3) is 0 Å². The van der Waals surface area contributed by atoms with Gasteiger partial charge < -0.3 is 4.74 Å². The van der Waals surface area contributed by atoms with Crippen molar-refractivity contribution in [1.29, 1.82) is 0 Å². The minimum absolute atomic E-state index is 0.0407. The maximum absolute atomic E-state index is 6.85. The van der Waals surface area contributed by atoms with Crippen LogP contribution in [-0.2, 0) is 4.74 Å². The number of benzene rings is 2. The standard InChI is InChI=1S/C25H33NO/c1-3-4-16-26-21-14-15-22(26)18-23(17-21)27-25(20-11-6-5-7-12-20)24-13-9-8-10-19(24)2/h5-13,21-23,25H,3-4,14-18H2,1-2H3/t21-,22+,23?,25?. The molecule has 0 aromatic heterocycles. The Morgan fingerprint density at radius 2 is 1.63 bits per heavy atom. The van der Waals surface area contributed by atoms with Gasteiger partial charge in [0.2, 0.25) is 0 Å². The number of ether oxygens (including phenoxy) is 1. The van der Waals surface area contributed by atoms with E-state index in [4.69, 9.17) is 4.74 Å². The first kappa shape index (κ1) is 18.7. The molecule has 0 radical (unpaired) electrons. The second kappa shape index (κ2) is 8.58. The van der Waals surface area contributed by atoms with Crippen LogP contribution in [0.3, 0.4) is 0 Å². The van der Waals surface area contributed by atoms with Gasteiger partial charge in [0.05, 0.1) is 6.10 Å². The van der Waals surface area contributed by atoms with Crippen LogP contribution >= 0.6 is 0 Å². The fraction of sp³-hybridized carbons (Fsp3) is 0.520. The van der Waals surface area contributed by atoms with Crippen molar-refractivity contribution in [2.45, 2.75) is 76.7 Å². The molecule has 0 amide bonds. The van der Waals surface area contributed by atoms with E-state index in [1.54, 1.807) is 0 Å². The summed E-state index contributed by atoms with van der Waals surface area (Å²) in [5.74, 6) is 0. The van der Waals surface area contributed by atoms with Crippen LogP contribution in [-0.4, -0.2) is 29.6 Å². The third kappa shape index (κ3) is 4.12. The first-order chi connectivity index (χ1) is 13.3. The fourth-order valence-electron chi connectivity index (χ4n) is 5.07. The first-order valence-electron chi connectivity index (χ1n) is 10.8. The summed E-state index contributed by atoms with van der Waals surface area (Å²) in [4.78, 5) is 2.79. The lowest BCUT2D eigenvalue weighted by molar-refractivity contribution is -0.0484. The Labute approximate surface area is 164 Å². The number of piperidine rings is 1. The van der Waals surface area contributed by atoms with E-state index in [0.29, 0.717) is 6.10 Å². The van der Waals surface area contributed by atoms with Gasteiger partial charge in [-0.15, -0.1) is 0 Å². The Hall–Kier alpha value is -1.64. The van der Waals surface area contributed by atoms with Gasteiger partial charge in [-0.2, -0.15) is 0 Å². The smallest absolute Gasteiger partial charge is 0.108 e. The quantitative estimate of drug-likeness (QED) is 0.607. The molecule has 0 aliphatic carbocycles. The van der Waals surface area contributed by atoms with Gasteiger partial charge in [-0.05, 0) is 62.3 Å². The van der Waals surface area contributed by atoms with Gasteiger partial charge in [0.15, 0.2) is 0 Å². The number of nitrogens with zero attached hydrogens (tertiary/aromatic N) is 1. The summed E-state index contributed by atoms with van der Waals surface area (Å²) in [5.41, 5.74) is 3.90. The fourth-order valence-corrected chi connectivity index (χ4v) is 5.07. The molecule has 0 spiro atoms. The van der Waals surface area contributed by atoms with Gasteiger partial charge in [-0.1, -0.05) is 67.9 Å². The summed E-state index contributed by atoms with van der Waals surface area (Å²) in [7, 11) is 0. The zero-order valence-corrected chi connectivity index (χ0v) is 16.8. The normalized spacial score (nSPS) is 26.2. The Morgan fingerprint density at radius 3 is 2.30 bits per heavy atom. The van der Waals surface area contributed by atoms with Crippen molar-refractivity contribution in [3.8, 4) is 0 Å². The molecule has 2 bridgehead atoms. The zero-order valence-electron chi connectivity index (χ0n) is 16.8. The molecule has 2 fully saturated rings. The van der Waals surface area contributed by atoms with Crippen molar-refractivity contribution < 1.29 is 4.74 Å². The third-order valence-electron chi connectivity index (χ3n) is 6.51. The average molecular weight is 364 g/mol. The maximum Gasteiger partial charge on any atom is 0.108 e. The molecule has 4 rings (SSSR count). The number of unbranched alkanes of at least 4 members (excludes halogenated alkanes) is 1. The van der Waals surface area contributed by atoms with Gasteiger partial charge >= 0.3 is 0 Å². The van der Waals surface area contributed by atoms with Crippen LogP contribution in [0, 0.1) is 6.92 Å². The summed E-state index contributed by atoms with van der Waals surface area (Å²) >= 11 is 0. The van der Waals surface area contributed by atoms with Crippen molar-refractivity contribution in [3.63, 3.8) is 0 Å². The van der Waals surface area contributed by atoms with Gasteiger partial charge in [0, 0.05) is 12.1 Å². The molecule has 27 heavy (non-hydrogen) atoms. The van der Waals surface area contributed by atoms with Crippen LogP contribution in [0.4, 0.5) is 0 Å². The molecule has 144 valence electrons. The van der Waals surface area contributed by atoms with E-state index in [1.807, 2.05) is 0 Å². The summed E-state index contributed by atoms with van der Waals surface area (Å²) < 4.78 is 6.85. The van der Waals surface area contributed by atoms with E-state index in [0.717, 1.165) is 12.1 Å². The molecule has 2 heterocycles. The maximum atomic E-state index is 6.85. The number of hydrogen-bond acceptors (Lipinski definition) is 2. The summed E-state index contributed by atoms with van der Waals surface area (Å²) in [6.07, 6.45) is 8.12. The molecule has 2 aromatic rings. The molecular formula is C25H33NO. The predicted octanol–water partition coefficient (Wildman–Crippen LogP) is 5.90. The van der Waals surface area contributed by atoms with E-state index in [2.05, 4.69) is 73.3 Å². The van der Waals surface area contributed by atoms with E-state index in [-0.39, 0.29) is 6.10 Å². The van der Waals surface area contributed by atoms with Crippen molar-refractivity contribution in [2.75, 3.05) is 6.54 Å². The van der Waals surface area contributed by atoms with E-state index in [9.17, 15) is 0 Å². The minimum atomic E-state index is 0.0407. The van der Waals surface area contributed by atoms with Crippen LogP contribution in [0.2, 0.25) is 0 Å². The molecule has 2 aliphatic rings. The van der Waals surface area contributed by atoms with Crippen molar-refractivity contribution >= 4 is 0 Å². The molecule has 0 saturated carbocycles. The van der Waals surface area contributed by atoms with Crippen molar-refractivity contribution in [2.24, 2.45) is 0 Å². The summed E-state index contributed by atoms with van der Waals surface area (Å²) in [6, 6.07) is 20.9. The molecule has 4 atom stereocenters. The average Bonchev–Trinajstić information content (AvgIpc) is 2.93. The monoisotopic (exact) mass is 363 g/mol. The predicted molar refractivity (Wildman–Crippen MR) is 112 cm³/mol. The summed E-state index contributed by atoms with van der Waals surface area (Å²) in [5, 5.41) is 0. The Morgan fingerprint density at radius 1 is 0.963 bits per heavy atom. The third-order valence-corrected chi connectivity index (χ3v) is 6.51. The number of hydrogen-bond donors (Lipinski definition) is 0. The molecule has 2 nitrogen and oxygen atoms in total. The lowest BCUT2D eigenvalue weighted by atomic mass is 9.95. The Bertz CT molecular complexity index is 714. The highest BCUT2D eigenvalue weighted by Gasteiger charge is 2.41. The number of fused-ring (bicyclic) bond motifs is 2. The van der Waals surface area contributed by atoms with E-state index < -0.39 is 0 Å². The molecule has 2 saturated heterocycles. The van der Waals surface area contributed by atoms with Gasteiger partial charge in [-0.3, -0.25) is 4.90 Å². The van der Waals surface area contributed by atoms with Crippen molar-refractivity contribution in [1.82, 2.24) is 4.90 Å². The molecular weight excluding hydrogens is 330 g/mol. The van der Waals surface area contributed by atoms with Crippen LogP contribution in [0.25, 0.3) is 0 Å². The van der Waals surface area contributed by atoms with Crippen LogP contribution in [0.5, 0.6) is 0 Å². The number of aryl methyl sites for hydroxylation is 1. The SMILES string of the molecule is CCCCN1[C@@H]2CC[C@H]1CC(OC(c1ccccc1)c1ccccc1C)C2. The van der Waals surface area contributed by atoms with Gasteiger partial charge in [-0.25, -0.2) is 0 Å². The minimum Gasteiger partial charge on any atom is -0.365 e. The second-order valence-electron chi connectivity index (χ2n) is 8.35. The molecule has 2 aromatic carbocycles. The largest absolute Gasteiger partial charge is 0.365 e. The zero-order chi connectivity index (χ0) is 18.6. The highest BCUT2D eigenvalue weighted by atomic mass is 16.5. The van der Waals surface area contributed by atoms with Crippen LogP contribution in [0.15, 0.2) is 54.6 Å². The van der Waals surface area contributed by atoms with Crippen LogP contribution < -0.4 is 0 Å².